The Labute approximate surface area is 118 Å². The van der Waals surface area contributed by atoms with Crippen molar-refractivity contribution in [3.63, 3.8) is 0 Å². The molecule has 2 aromatic rings. The van der Waals surface area contributed by atoms with E-state index < -0.39 is 0 Å². The summed E-state index contributed by atoms with van der Waals surface area (Å²) in [6, 6.07) is 8.45. The molecule has 5 heteroatoms. The molecule has 1 aromatic heterocycles. The van der Waals surface area contributed by atoms with Gasteiger partial charge in [-0.3, -0.25) is 0 Å². The Morgan fingerprint density at radius 3 is 2.79 bits per heavy atom. The van der Waals surface area contributed by atoms with Crippen molar-refractivity contribution >= 4 is 34.4 Å². The zero-order valence-corrected chi connectivity index (χ0v) is 12.4. The predicted molar refractivity (Wildman–Crippen MR) is 85.2 cm³/mol. The van der Waals surface area contributed by atoms with E-state index in [1.54, 1.807) is 0 Å². The fraction of sp³-hybridized carbons (Fsp3) is 0.429. The molecular formula is C14H20N4S. The van der Waals surface area contributed by atoms with E-state index in [1.165, 1.54) is 0 Å². The number of rotatable bonds is 6. The zero-order valence-electron chi connectivity index (χ0n) is 11.6. The standard InChI is InChI=1S/C14H20N4S/c1-4-19-9-10(2)16-13-11-7-5-6-8-12(11)17-14(15-3)18-13/h5-8,10H,4,9H2,1-3H3,(H2,15,16,17,18). The van der Waals surface area contributed by atoms with E-state index in [1.807, 2.05) is 37.0 Å². The van der Waals surface area contributed by atoms with Crippen LogP contribution in [-0.2, 0) is 0 Å². The van der Waals surface area contributed by atoms with Gasteiger partial charge in [0, 0.05) is 24.2 Å². The fourth-order valence-electron chi connectivity index (χ4n) is 1.87. The van der Waals surface area contributed by atoms with Gasteiger partial charge in [-0.2, -0.15) is 16.7 Å². The van der Waals surface area contributed by atoms with Crippen molar-refractivity contribution in [2.24, 2.45) is 0 Å². The third kappa shape index (κ3) is 3.50. The van der Waals surface area contributed by atoms with Crippen LogP contribution in [0.2, 0.25) is 0 Å². The van der Waals surface area contributed by atoms with Crippen LogP contribution in [0.1, 0.15) is 13.8 Å². The Kier molecular flexibility index (Phi) is 4.85. The molecule has 1 heterocycles. The molecule has 0 spiro atoms. The van der Waals surface area contributed by atoms with Crippen LogP contribution in [0.3, 0.4) is 0 Å². The average Bonchev–Trinajstić information content (AvgIpc) is 2.44. The Hall–Kier alpha value is -1.49. The molecular weight excluding hydrogens is 256 g/mol. The lowest BCUT2D eigenvalue weighted by Gasteiger charge is -2.16. The molecule has 4 nitrogen and oxygen atoms in total. The second kappa shape index (κ2) is 6.61. The Bertz CT molecular complexity index is 544. The highest BCUT2D eigenvalue weighted by Gasteiger charge is 2.09. The summed E-state index contributed by atoms with van der Waals surface area (Å²) in [5, 5.41) is 7.56. The Balaban J connectivity index is 2.29. The minimum absolute atomic E-state index is 0.382. The Morgan fingerprint density at radius 2 is 2.05 bits per heavy atom. The monoisotopic (exact) mass is 276 g/mol. The first-order valence-corrected chi connectivity index (χ1v) is 7.69. The number of anilines is 2. The van der Waals surface area contributed by atoms with Crippen LogP contribution in [-0.4, -0.2) is 34.6 Å². The molecule has 2 rings (SSSR count). The molecule has 0 radical (unpaired) electrons. The normalized spacial score (nSPS) is 12.4. The molecule has 0 saturated carbocycles. The quantitative estimate of drug-likeness (QED) is 0.848. The minimum atomic E-state index is 0.382. The number of fused-ring (bicyclic) bond motifs is 1. The van der Waals surface area contributed by atoms with Crippen molar-refractivity contribution in [1.29, 1.82) is 0 Å². The van der Waals surface area contributed by atoms with Crippen LogP contribution in [0.25, 0.3) is 10.9 Å². The highest BCUT2D eigenvalue weighted by atomic mass is 32.2. The molecule has 102 valence electrons. The number of thioether (sulfide) groups is 1. The van der Waals surface area contributed by atoms with Gasteiger partial charge in [-0.1, -0.05) is 19.1 Å². The predicted octanol–water partition coefficient (Wildman–Crippen LogP) is 3.23. The molecule has 0 amide bonds. The minimum Gasteiger partial charge on any atom is -0.366 e. The van der Waals surface area contributed by atoms with E-state index in [2.05, 4.69) is 40.5 Å². The van der Waals surface area contributed by atoms with Crippen molar-refractivity contribution in [2.45, 2.75) is 19.9 Å². The summed E-state index contributed by atoms with van der Waals surface area (Å²) in [5.74, 6) is 3.76. The molecule has 2 N–H and O–H groups in total. The van der Waals surface area contributed by atoms with Crippen molar-refractivity contribution in [3.05, 3.63) is 24.3 Å². The highest BCUT2D eigenvalue weighted by Crippen LogP contribution is 2.22. The van der Waals surface area contributed by atoms with Crippen molar-refractivity contribution in [2.75, 3.05) is 29.2 Å². The molecule has 0 aliphatic heterocycles. The highest BCUT2D eigenvalue weighted by molar-refractivity contribution is 7.99. The second-order valence-electron chi connectivity index (χ2n) is 4.37. The maximum Gasteiger partial charge on any atom is 0.224 e. The first kappa shape index (κ1) is 13.9. The molecule has 0 saturated heterocycles. The summed E-state index contributed by atoms with van der Waals surface area (Å²) in [5.41, 5.74) is 0.958. The molecule has 19 heavy (non-hydrogen) atoms. The topological polar surface area (TPSA) is 49.8 Å². The summed E-state index contributed by atoms with van der Waals surface area (Å²) in [4.78, 5) is 8.98. The van der Waals surface area contributed by atoms with Crippen LogP contribution in [0.15, 0.2) is 24.3 Å². The number of nitrogens with one attached hydrogen (secondary N) is 2. The van der Waals surface area contributed by atoms with Gasteiger partial charge in [0.25, 0.3) is 0 Å². The lowest BCUT2D eigenvalue weighted by atomic mass is 10.2. The van der Waals surface area contributed by atoms with Gasteiger partial charge in [-0.25, -0.2) is 4.98 Å². The van der Waals surface area contributed by atoms with Gasteiger partial charge in [-0.05, 0) is 24.8 Å². The number of hydrogen-bond donors (Lipinski definition) is 2. The van der Waals surface area contributed by atoms with Crippen molar-refractivity contribution in [3.8, 4) is 0 Å². The maximum atomic E-state index is 4.52. The van der Waals surface area contributed by atoms with Gasteiger partial charge in [0.1, 0.15) is 5.82 Å². The van der Waals surface area contributed by atoms with Crippen LogP contribution < -0.4 is 10.6 Å². The lowest BCUT2D eigenvalue weighted by Crippen LogP contribution is -2.19. The van der Waals surface area contributed by atoms with Crippen LogP contribution in [0.4, 0.5) is 11.8 Å². The van der Waals surface area contributed by atoms with Crippen molar-refractivity contribution < 1.29 is 0 Å². The molecule has 0 aliphatic carbocycles. The van der Waals surface area contributed by atoms with Crippen molar-refractivity contribution in [1.82, 2.24) is 9.97 Å². The maximum absolute atomic E-state index is 4.52. The summed E-state index contributed by atoms with van der Waals surface area (Å²) in [6.07, 6.45) is 0. The first-order valence-electron chi connectivity index (χ1n) is 6.53. The third-order valence-electron chi connectivity index (χ3n) is 2.78. The van der Waals surface area contributed by atoms with E-state index in [9.17, 15) is 0 Å². The fourth-order valence-corrected chi connectivity index (χ4v) is 2.54. The number of aromatic nitrogens is 2. The number of benzene rings is 1. The van der Waals surface area contributed by atoms with E-state index in [4.69, 9.17) is 0 Å². The summed E-state index contributed by atoms with van der Waals surface area (Å²) >= 11 is 1.93. The SMILES string of the molecule is CCSCC(C)Nc1nc(NC)nc2ccccc12. The van der Waals surface area contributed by atoms with Crippen LogP contribution >= 0.6 is 11.8 Å². The smallest absolute Gasteiger partial charge is 0.224 e. The second-order valence-corrected chi connectivity index (χ2v) is 5.69. The molecule has 1 unspecified atom stereocenters. The van der Waals surface area contributed by atoms with Gasteiger partial charge < -0.3 is 10.6 Å². The summed E-state index contributed by atoms with van der Waals surface area (Å²) in [6.45, 7) is 4.36. The molecule has 1 atom stereocenters. The Morgan fingerprint density at radius 1 is 1.26 bits per heavy atom. The molecule has 0 fully saturated rings. The number of hydrogen-bond acceptors (Lipinski definition) is 5. The summed E-state index contributed by atoms with van der Waals surface area (Å²) < 4.78 is 0. The van der Waals surface area contributed by atoms with E-state index in [-0.39, 0.29) is 0 Å². The van der Waals surface area contributed by atoms with Gasteiger partial charge in [0.2, 0.25) is 5.95 Å². The largest absolute Gasteiger partial charge is 0.366 e. The lowest BCUT2D eigenvalue weighted by molar-refractivity contribution is 0.903. The van der Waals surface area contributed by atoms with Gasteiger partial charge in [0.05, 0.1) is 5.52 Å². The number of nitrogens with zero attached hydrogens (tertiary/aromatic N) is 2. The van der Waals surface area contributed by atoms with E-state index in [0.29, 0.717) is 12.0 Å². The van der Waals surface area contributed by atoms with Gasteiger partial charge in [0.15, 0.2) is 0 Å². The number of para-hydroxylation sites is 1. The molecule has 1 aromatic carbocycles. The zero-order chi connectivity index (χ0) is 13.7. The van der Waals surface area contributed by atoms with E-state index in [0.717, 1.165) is 28.2 Å². The average molecular weight is 276 g/mol. The van der Waals surface area contributed by atoms with E-state index >= 15 is 0 Å². The van der Waals surface area contributed by atoms with Crippen LogP contribution in [0.5, 0.6) is 0 Å². The summed E-state index contributed by atoms with van der Waals surface area (Å²) in [7, 11) is 1.84. The first-order chi connectivity index (χ1) is 9.24. The molecule has 0 aliphatic rings. The third-order valence-corrected chi connectivity index (χ3v) is 3.93. The van der Waals surface area contributed by atoms with Crippen LogP contribution in [0, 0.1) is 0 Å². The van der Waals surface area contributed by atoms with Gasteiger partial charge in [-0.15, -0.1) is 0 Å². The van der Waals surface area contributed by atoms with Gasteiger partial charge >= 0.3 is 0 Å². The molecule has 0 bridgehead atoms.